The average Bonchev–Trinajstić information content (AvgIpc) is 2.52. The van der Waals surface area contributed by atoms with Gasteiger partial charge in [-0.05, 0) is 30.9 Å². The van der Waals surface area contributed by atoms with E-state index in [0.717, 1.165) is 5.92 Å². The monoisotopic (exact) mass is 273 g/mol. The fourth-order valence-corrected chi connectivity index (χ4v) is 3.42. The minimum atomic E-state index is 0.555. The van der Waals surface area contributed by atoms with Gasteiger partial charge >= 0.3 is 0 Å². The maximum absolute atomic E-state index is 3.82. The fraction of sp³-hybridized carbons (Fsp3) is 0.684. The molecule has 1 aliphatic rings. The first-order chi connectivity index (χ1) is 9.90. The maximum Gasteiger partial charge on any atom is 0.0320 e. The number of hydrogen-bond donors (Lipinski definition) is 1. The molecular weight excluding hydrogens is 242 g/mol. The Labute approximate surface area is 125 Å². The van der Waals surface area contributed by atoms with E-state index in [2.05, 4.69) is 42.6 Å². The van der Waals surface area contributed by atoms with E-state index in [1.165, 1.54) is 69.9 Å². The third kappa shape index (κ3) is 5.28. The van der Waals surface area contributed by atoms with E-state index < -0.39 is 0 Å². The predicted molar refractivity (Wildman–Crippen MR) is 87.9 cm³/mol. The highest BCUT2D eigenvalue weighted by molar-refractivity contribution is 5.18. The summed E-state index contributed by atoms with van der Waals surface area (Å²) in [7, 11) is 0. The molecule has 1 saturated carbocycles. The molecule has 1 aliphatic carbocycles. The van der Waals surface area contributed by atoms with Crippen LogP contribution in [0.5, 0.6) is 0 Å². The Morgan fingerprint density at radius 2 is 1.85 bits per heavy atom. The topological polar surface area (TPSA) is 12.0 Å². The summed E-state index contributed by atoms with van der Waals surface area (Å²) in [6.07, 6.45) is 12.6. The maximum atomic E-state index is 3.82. The summed E-state index contributed by atoms with van der Waals surface area (Å²) in [6, 6.07) is 11.5. The van der Waals surface area contributed by atoms with E-state index in [1.54, 1.807) is 0 Å². The molecule has 2 rings (SSSR count). The molecule has 1 N–H and O–H groups in total. The van der Waals surface area contributed by atoms with Gasteiger partial charge in [0.25, 0.3) is 0 Å². The van der Waals surface area contributed by atoms with Crippen LogP contribution in [0.1, 0.15) is 76.3 Å². The lowest BCUT2D eigenvalue weighted by Crippen LogP contribution is -2.24. The fourth-order valence-electron chi connectivity index (χ4n) is 3.42. The van der Waals surface area contributed by atoms with Crippen LogP contribution >= 0.6 is 0 Å². The third-order valence-corrected chi connectivity index (χ3v) is 4.72. The number of unbranched alkanes of at least 4 members (excludes halogenated alkanes) is 1. The van der Waals surface area contributed by atoms with E-state index in [9.17, 15) is 0 Å². The van der Waals surface area contributed by atoms with Gasteiger partial charge in [0.1, 0.15) is 0 Å². The van der Waals surface area contributed by atoms with Crippen molar-refractivity contribution in [3.8, 4) is 0 Å². The highest BCUT2D eigenvalue weighted by Crippen LogP contribution is 2.26. The van der Waals surface area contributed by atoms with Gasteiger partial charge in [0.2, 0.25) is 0 Å². The van der Waals surface area contributed by atoms with Crippen molar-refractivity contribution >= 4 is 0 Å². The van der Waals surface area contributed by atoms with Crippen molar-refractivity contribution in [2.45, 2.75) is 70.8 Å². The highest BCUT2D eigenvalue weighted by Gasteiger charge is 2.14. The van der Waals surface area contributed by atoms with Gasteiger partial charge in [-0.3, -0.25) is 0 Å². The second-order valence-corrected chi connectivity index (χ2v) is 6.35. The minimum absolute atomic E-state index is 0.555. The zero-order chi connectivity index (χ0) is 14.0. The molecule has 1 heteroatoms. The van der Waals surface area contributed by atoms with Gasteiger partial charge in [0.05, 0.1) is 0 Å². The van der Waals surface area contributed by atoms with Crippen molar-refractivity contribution < 1.29 is 0 Å². The summed E-state index contributed by atoms with van der Waals surface area (Å²) >= 11 is 0. The van der Waals surface area contributed by atoms with Crippen molar-refractivity contribution in [1.82, 2.24) is 5.32 Å². The summed E-state index contributed by atoms with van der Waals surface area (Å²) in [5.74, 6) is 0.985. The first kappa shape index (κ1) is 15.6. The van der Waals surface area contributed by atoms with Crippen molar-refractivity contribution in [2.24, 2.45) is 5.92 Å². The molecule has 0 bridgehead atoms. The summed E-state index contributed by atoms with van der Waals surface area (Å²) in [4.78, 5) is 0. The third-order valence-electron chi connectivity index (χ3n) is 4.72. The molecule has 112 valence electrons. The number of hydrogen-bond acceptors (Lipinski definition) is 1. The summed E-state index contributed by atoms with van der Waals surface area (Å²) in [5.41, 5.74) is 1.46. The van der Waals surface area contributed by atoms with E-state index in [-0.39, 0.29) is 0 Å². The second kappa shape index (κ2) is 9.18. The molecule has 0 saturated heterocycles. The highest BCUT2D eigenvalue weighted by atomic mass is 14.9. The molecule has 1 fully saturated rings. The zero-order valence-electron chi connectivity index (χ0n) is 13.1. The van der Waals surface area contributed by atoms with Gasteiger partial charge in [-0.15, -0.1) is 0 Å². The Hall–Kier alpha value is -0.820. The Bertz CT molecular complexity index is 340. The molecule has 0 amide bonds. The lowest BCUT2D eigenvalue weighted by Gasteiger charge is -2.24. The van der Waals surface area contributed by atoms with Gasteiger partial charge in [-0.1, -0.05) is 82.2 Å². The van der Waals surface area contributed by atoms with Crippen LogP contribution in [0.25, 0.3) is 0 Å². The van der Waals surface area contributed by atoms with E-state index in [0.29, 0.717) is 6.04 Å². The average molecular weight is 273 g/mol. The van der Waals surface area contributed by atoms with Crippen LogP contribution in [0.4, 0.5) is 0 Å². The van der Waals surface area contributed by atoms with Crippen LogP contribution in [0.3, 0.4) is 0 Å². The van der Waals surface area contributed by atoms with Crippen molar-refractivity contribution in [1.29, 1.82) is 0 Å². The smallest absolute Gasteiger partial charge is 0.0320 e. The van der Waals surface area contributed by atoms with Crippen LogP contribution in [0, 0.1) is 5.92 Å². The van der Waals surface area contributed by atoms with Gasteiger partial charge in [0, 0.05) is 6.04 Å². The standard InChI is InChI=1S/C19H31N/c1-2-3-14-19(18-12-8-5-9-13-18)20-16-15-17-10-6-4-7-11-17/h5,8-9,12-13,17,19-20H,2-4,6-7,10-11,14-16H2,1H3. The largest absolute Gasteiger partial charge is 0.310 e. The van der Waals surface area contributed by atoms with Crippen molar-refractivity contribution in [3.63, 3.8) is 0 Å². The van der Waals surface area contributed by atoms with E-state index in [4.69, 9.17) is 0 Å². The SMILES string of the molecule is CCCCC(NCCC1CCCCC1)c1ccccc1. The number of benzene rings is 1. The molecule has 0 aromatic heterocycles. The summed E-state index contributed by atoms with van der Waals surface area (Å²) in [6.45, 7) is 3.47. The molecule has 1 atom stereocenters. The Kier molecular flexibility index (Phi) is 7.14. The summed E-state index contributed by atoms with van der Waals surface area (Å²) < 4.78 is 0. The molecule has 1 aromatic carbocycles. The number of rotatable bonds is 8. The van der Waals surface area contributed by atoms with Gasteiger partial charge in [-0.25, -0.2) is 0 Å². The minimum Gasteiger partial charge on any atom is -0.310 e. The molecule has 20 heavy (non-hydrogen) atoms. The first-order valence-electron chi connectivity index (χ1n) is 8.68. The summed E-state index contributed by atoms with van der Waals surface area (Å²) in [5, 5.41) is 3.82. The molecule has 0 radical (unpaired) electrons. The van der Waals surface area contributed by atoms with Crippen molar-refractivity contribution in [2.75, 3.05) is 6.54 Å². The molecular formula is C19H31N. The van der Waals surface area contributed by atoms with Crippen LogP contribution in [-0.2, 0) is 0 Å². The molecule has 1 unspecified atom stereocenters. The molecule has 0 heterocycles. The molecule has 1 aromatic rings. The number of nitrogens with one attached hydrogen (secondary N) is 1. The van der Waals surface area contributed by atoms with Crippen LogP contribution in [-0.4, -0.2) is 6.54 Å². The van der Waals surface area contributed by atoms with Gasteiger partial charge < -0.3 is 5.32 Å². The Morgan fingerprint density at radius 1 is 1.10 bits per heavy atom. The van der Waals surface area contributed by atoms with E-state index in [1.807, 2.05) is 0 Å². The Balaban J connectivity index is 1.78. The van der Waals surface area contributed by atoms with Crippen LogP contribution in [0.2, 0.25) is 0 Å². The van der Waals surface area contributed by atoms with Crippen LogP contribution in [0.15, 0.2) is 30.3 Å². The molecule has 0 spiro atoms. The lowest BCUT2D eigenvalue weighted by molar-refractivity contribution is 0.325. The Morgan fingerprint density at radius 3 is 2.55 bits per heavy atom. The molecule has 0 aliphatic heterocycles. The zero-order valence-corrected chi connectivity index (χ0v) is 13.1. The lowest BCUT2D eigenvalue weighted by atomic mass is 9.87. The second-order valence-electron chi connectivity index (χ2n) is 6.35. The van der Waals surface area contributed by atoms with Crippen molar-refractivity contribution in [3.05, 3.63) is 35.9 Å². The van der Waals surface area contributed by atoms with Gasteiger partial charge in [0.15, 0.2) is 0 Å². The normalized spacial score (nSPS) is 18.1. The van der Waals surface area contributed by atoms with Crippen LogP contribution < -0.4 is 5.32 Å². The van der Waals surface area contributed by atoms with Gasteiger partial charge in [-0.2, -0.15) is 0 Å². The quantitative estimate of drug-likeness (QED) is 0.661. The predicted octanol–water partition coefficient (Wildman–Crippen LogP) is 5.48. The molecule has 1 nitrogen and oxygen atoms in total. The van der Waals surface area contributed by atoms with E-state index >= 15 is 0 Å². The first-order valence-corrected chi connectivity index (χ1v) is 8.68.